The quantitative estimate of drug-likeness (QED) is 0.635. The molecule has 1 aliphatic carbocycles. The first-order valence-corrected chi connectivity index (χ1v) is 6.53. The molecule has 8 heteroatoms. The van der Waals surface area contributed by atoms with Crippen LogP contribution in [0.4, 0.5) is 11.4 Å². The Morgan fingerprint density at radius 2 is 2.00 bits per heavy atom. The number of amides is 1. The van der Waals surface area contributed by atoms with Gasteiger partial charge in [-0.05, 0) is 31.4 Å². The highest BCUT2D eigenvalue weighted by Gasteiger charge is 2.27. The van der Waals surface area contributed by atoms with Crippen LogP contribution in [-0.2, 0) is 9.59 Å². The van der Waals surface area contributed by atoms with Crippen LogP contribution in [0, 0.1) is 10.1 Å². The van der Waals surface area contributed by atoms with Gasteiger partial charge in [0.25, 0.3) is 11.6 Å². The molecule has 1 amide bonds. The molecule has 0 spiro atoms. The molecule has 0 radical (unpaired) electrons. The van der Waals surface area contributed by atoms with Crippen molar-refractivity contribution in [2.75, 3.05) is 12.4 Å². The largest absolute Gasteiger partial charge is 0.496 e. The maximum Gasteiger partial charge on any atom is 0.332 e. The van der Waals surface area contributed by atoms with Gasteiger partial charge in [-0.1, -0.05) is 0 Å². The smallest absolute Gasteiger partial charge is 0.332 e. The van der Waals surface area contributed by atoms with E-state index in [1.54, 1.807) is 0 Å². The van der Waals surface area contributed by atoms with Crippen LogP contribution in [0.5, 0.6) is 5.75 Å². The van der Waals surface area contributed by atoms with Gasteiger partial charge in [0.2, 0.25) is 0 Å². The molecule has 0 heterocycles. The molecule has 0 bridgehead atoms. The molecular weight excluding hydrogens is 292 g/mol. The minimum atomic E-state index is -1.13. The van der Waals surface area contributed by atoms with Crippen molar-refractivity contribution in [2.45, 2.75) is 19.3 Å². The van der Waals surface area contributed by atoms with Gasteiger partial charge in [-0.3, -0.25) is 14.9 Å². The number of hydrogen-bond acceptors (Lipinski definition) is 5. The number of carbonyl (C=O) groups is 2. The van der Waals surface area contributed by atoms with Crippen molar-refractivity contribution in [3.8, 4) is 5.75 Å². The number of ether oxygens (including phenoxy) is 1. The van der Waals surface area contributed by atoms with Gasteiger partial charge in [-0.15, -0.1) is 0 Å². The Morgan fingerprint density at radius 1 is 1.32 bits per heavy atom. The van der Waals surface area contributed by atoms with Crippen molar-refractivity contribution >= 4 is 23.3 Å². The summed E-state index contributed by atoms with van der Waals surface area (Å²) in [4.78, 5) is 33.7. The zero-order valence-corrected chi connectivity index (χ0v) is 11.8. The van der Waals surface area contributed by atoms with Crippen molar-refractivity contribution in [2.24, 2.45) is 0 Å². The molecular formula is C14H14N2O6. The maximum absolute atomic E-state index is 12.2. The number of carbonyl (C=O) groups excluding carboxylic acids is 1. The van der Waals surface area contributed by atoms with E-state index >= 15 is 0 Å². The van der Waals surface area contributed by atoms with Crippen LogP contribution < -0.4 is 10.1 Å². The van der Waals surface area contributed by atoms with Gasteiger partial charge in [0.05, 0.1) is 18.1 Å². The second kappa shape index (κ2) is 6.25. The molecule has 1 aromatic carbocycles. The van der Waals surface area contributed by atoms with Crippen LogP contribution in [-0.4, -0.2) is 29.0 Å². The lowest BCUT2D eigenvalue weighted by molar-refractivity contribution is -0.384. The summed E-state index contributed by atoms with van der Waals surface area (Å²) < 4.78 is 4.91. The molecule has 2 N–H and O–H groups in total. The summed E-state index contributed by atoms with van der Waals surface area (Å²) in [5.74, 6) is -1.47. The van der Waals surface area contributed by atoms with Crippen molar-refractivity contribution in [3.05, 3.63) is 39.5 Å². The number of anilines is 1. The maximum atomic E-state index is 12.2. The highest BCUT2D eigenvalue weighted by molar-refractivity contribution is 6.10. The highest BCUT2D eigenvalue weighted by Crippen LogP contribution is 2.31. The van der Waals surface area contributed by atoms with Crippen LogP contribution in [0.2, 0.25) is 0 Å². The zero-order valence-electron chi connectivity index (χ0n) is 11.8. The molecule has 2 rings (SSSR count). The third kappa shape index (κ3) is 3.05. The summed E-state index contributed by atoms with van der Waals surface area (Å²) in [5, 5.41) is 22.5. The average Bonchev–Trinajstić information content (AvgIpc) is 2.97. The van der Waals surface area contributed by atoms with Gasteiger partial charge in [0.15, 0.2) is 0 Å². The standard InChI is InChI=1S/C14H14N2O6/c1-22-8-5-6-11(12(7-8)16(20)21)15-13(17)9-3-2-4-10(9)14(18)19/h5-7H,2-4H2,1H3,(H,15,17)(H,18,19). The lowest BCUT2D eigenvalue weighted by atomic mass is 10.1. The molecule has 0 unspecified atom stereocenters. The summed E-state index contributed by atoms with van der Waals surface area (Å²) >= 11 is 0. The molecule has 0 fully saturated rings. The fourth-order valence-electron chi connectivity index (χ4n) is 2.32. The minimum Gasteiger partial charge on any atom is -0.496 e. The fraction of sp³-hybridized carbons (Fsp3) is 0.286. The van der Waals surface area contributed by atoms with E-state index in [2.05, 4.69) is 5.32 Å². The number of methoxy groups -OCH3 is 1. The van der Waals surface area contributed by atoms with E-state index in [9.17, 15) is 19.7 Å². The SMILES string of the molecule is COc1ccc(NC(=O)C2=C(C(=O)O)CCC2)c([N+](=O)[O-])c1. The third-order valence-electron chi connectivity index (χ3n) is 3.40. The molecule has 116 valence electrons. The third-order valence-corrected chi connectivity index (χ3v) is 3.40. The van der Waals surface area contributed by atoms with E-state index in [0.717, 1.165) is 0 Å². The lowest BCUT2D eigenvalue weighted by Crippen LogP contribution is -2.17. The first-order valence-electron chi connectivity index (χ1n) is 6.53. The van der Waals surface area contributed by atoms with Crippen LogP contribution in [0.1, 0.15) is 19.3 Å². The fourth-order valence-corrected chi connectivity index (χ4v) is 2.32. The summed E-state index contributed by atoms with van der Waals surface area (Å²) in [6.45, 7) is 0. The zero-order chi connectivity index (χ0) is 16.3. The Morgan fingerprint density at radius 3 is 2.59 bits per heavy atom. The number of nitro benzene ring substituents is 1. The Labute approximate surface area is 125 Å². The summed E-state index contributed by atoms with van der Waals surface area (Å²) in [5.41, 5.74) is -0.0885. The Kier molecular flexibility index (Phi) is 4.40. The topological polar surface area (TPSA) is 119 Å². The number of nitrogens with one attached hydrogen (secondary N) is 1. The second-order valence-electron chi connectivity index (χ2n) is 4.71. The number of carboxylic acid groups (broad SMARTS) is 1. The molecule has 0 aliphatic heterocycles. The van der Waals surface area contributed by atoms with E-state index < -0.39 is 16.8 Å². The molecule has 0 saturated carbocycles. The second-order valence-corrected chi connectivity index (χ2v) is 4.71. The Hall–Kier alpha value is -2.90. The average molecular weight is 306 g/mol. The van der Waals surface area contributed by atoms with Crippen LogP contribution >= 0.6 is 0 Å². The molecule has 1 aromatic rings. The van der Waals surface area contributed by atoms with Gasteiger partial charge >= 0.3 is 5.97 Å². The van der Waals surface area contributed by atoms with Crippen molar-refractivity contribution < 1.29 is 24.4 Å². The van der Waals surface area contributed by atoms with Gasteiger partial charge in [0, 0.05) is 11.1 Å². The minimum absolute atomic E-state index is 0.0000567. The number of benzene rings is 1. The number of carboxylic acids is 1. The predicted octanol–water partition coefficient (Wildman–Crippen LogP) is 2.11. The van der Waals surface area contributed by atoms with E-state index in [1.807, 2.05) is 0 Å². The molecule has 8 nitrogen and oxygen atoms in total. The van der Waals surface area contributed by atoms with E-state index in [4.69, 9.17) is 9.84 Å². The van der Waals surface area contributed by atoms with Crippen LogP contribution in [0.25, 0.3) is 0 Å². The summed E-state index contributed by atoms with van der Waals surface area (Å²) in [6, 6.07) is 4.02. The number of hydrogen-bond donors (Lipinski definition) is 2. The van der Waals surface area contributed by atoms with E-state index in [1.165, 1.54) is 25.3 Å². The van der Waals surface area contributed by atoms with Crippen molar-refractivity contribution in [1.29, 1.82) is 0 Å². The van der Waals surface area contributed by atoms with Crippen LogP contribution in [0.3, 0.4) is 0 Å². The van der Waals surface area contributed by atoms with Crippen molar-refractivity contribution in [1.82, 2.24) is 0 Å². The Balaban J connectivity index is 2.31. The molecule has 0 aromatic heterocycles. The highest BCUT2D eigenvalue weighted by atomic mass is 16.6. The molecule has 1 aliphatic rings. The van der Waals surface area contributed by atoms with E-state index in [-0.39, 0.29) is 28.3 Å². The number of aliphatic carboxylic acids is 1. The first-order chi connectivity index (χ1) is 10.4. The summed E-state index contributed by atoms with van der Waals surface area (Å²) in [6.07, 6.45) is 1.25. The monoisotopic (exact) mass is 306 g/mol. The number of nitro groups is 1. The molecule has 22 heavy (non-hydrogen) atoms. The summed E-state index contributed by atoms with van der Waals surface area (Å²) in [7, 11) is 1.37. The van der Waals surface area contributed by atoms with E-state index in [0.29, 0.717) is 19.3 Å². The predicted molar refractivity (Wildman–Crippen MR) is 76.8 cm³/mol. The van der Waals surface area contributed by atoms with Gasteiger partial charge in [-0.2, -0.15) is 0 Å². The number of nitrogens with zero attached hydrogens (tertiary/aromatic N) is 1. The number of rotatable bonds is 5. The normalized spacial score (nSPS) is 13.9. The van der Waals surface area contributed by atoms with Gasteiger partial charge < -0.3 is 15.2 Å². The van der Waals surface area contributed by atoms with Crippen LogP contribution in [0.15, 0.2) is 29.3 Å². The molecule has 0 saturated heterocycles. The first kappa shape index (κ1) is 15.5. The Bertz CT molecular complexity index is 680. The van der Waals surface area contributed by atoms with Crippen molar-refractivity contribution in [3.63, 3.8) is 0 Å². The molecule has 0 atom stereocenters. The lowest BCUT2D eigenvalue weighted by Gasteiger charge is -2.08. The van der Waals surface area contributed by atoms with Gasteiger partial charge in [-0.25, -0.2) is 4.79 Å². The van der Waals surface area contributed by atoms with Gasteiger partial charge in [0.1, 0.15) is 11.4 Å².